The average molecular weight is 302 g/mol. The zero-order chi connectivity index (χ0) is 14.8. The normalized spacial score (nSPS) is 21.5. The fourth-order valence-corrected chi connectivity index (χ4v) is 2.65. The lowest BCUT2D eigenvalue weighted by molar-refractivity contribution is -0.0321. The highest BCUT2D eigenvalue weighted by atomic mass is 32.2. The first-order chi connectivity index (χ1) is 9.35. The summed E-state index contributed by atoms with van der Waals surface area (Å²) in [5.41, 5.74) is 0. The summed E-state index contributed by atoms with van der Waals surface area (Å²) in [4.78, 5) is 6.53. The summed E-state index contributed by atoms with van der Waals surface area (Å²) in [5.74, 6) is 1.94. The number of hydrogen-bond donors (Lipinski definition) is 1. The monoisotopic (exact) mass is 302 g/mol. The van der Waals surface area contributed by atoms with Crippen molar-refractivity contribution in [1.82, 2.24) is 20.1 Å². The van der Waals surface area contributed by atoms with Crippen LogP contribution in [0, 0.1) is 0 Å². The van der Waals surface area contributed by atoms with Gasteiger partial charge in [0.1, 0.15) is 15.9 Å². The second-order valence-electron chi connectivity index (χ2n) is 5.52. The minimum atomic E-state index is -2.93. The molecule has 7 nitrogen and oxygen atoms in total. The summed E-state index contributed by atoms with van der Waals surface area (Å²) in [7, 11) is -2.93. The van der Waals surface area contributed by atoms with E-state index >= 15 is 0 Å². The molecule has 114 valence electrons. The Morgan fingerprint density at radius 1 is 1.50 bits per heavy atom. The summed E-state index contributed by atoms with van der Waals surface area (Å²) in [5, 5.41) is 7.09. The number of aromatic nitrogens is 3. The highest BCUT2D eigenvalue weighted by molar-refractivity contribution is 7.90. The van der Waals surface area contributed by atoms with Crippen LogP contribution >= 0.6 is 0 Å². The molecule has 0 aromatic carbocycles. The Kier molecular flexibility index (Phi) is 4.77. The lowest BCUT2D eigenvalue weighted by Crippen LogP contribution is -2.41. The van der Waals surface area contributed by atoms with Crippen LogP contribution in [0.5, 0.6) is 0 Å². The van der Waals surface area contributed by atoms with Gasteiger partial charge < -0.3 is 4.74 Å². The fraction of sp³-hybridized carbons (Fsp3) is 0.833. The molecule has 8 heteroatoms. The number of morpholine rings is 1. The highest BCUT2D eigenvalue weighted by Gasteiger charge is 2.25. The summed E-state index contributed by atoms with van der Waals surface area (Å²) < 4.78 is 28.1. The van der Waals surface area contributed by atoms with Crippen LogP contribution in [0.25, 0.3) is 0 Å². The van der Waals surface area contributed by atoms with Gasteiger partial charge in [0, 0.05) is 31.8 Å². The van der Waals surface area contributed by atoms with E-state index in [9.17, 15) is 8.42 Å². The first-order valence-electron chi connectivity index (χ1n) is 6.79. The zero-order valence-corrected chi connectivity index (χ0v) is 13.0. The molecule has 0 unspecified atom stereocenters. The standard InChI is InChI=1S/C12H22N4O3S/c1-9(2)11-13-12(15-14-11)10-8-16(4-6-19-10)5-7-20(3,17)18/h9-10H,4-8H2,1-3H3,(H,13,14,15)/t10-/m0/s1. The Bertz CT molecular complexity index is 541. The van der Waals surface area contributed by atoms with Crippen molar-refractivity contribution in [3.63, 3.8) is 0 Å². The third-order valence-corrected chi connectivity index (χ3v) is 4.19. The van der Waals surface area contributed by atoms with E-state index in [0.717, 1.165) is 18.2 Å². The Morgan fingerprint density at radius 2 is 2.25 bits per heavy atom. The molecule has 1 fully saturated rings. The molecule has 1 aliphatic heterocycles. The molecule has 20 heavy (non-hydrogen) atoms. The largest absolute Gasteiger partial charge is 0.368 e. The van der Waals surface area contributed by atoms with Crippen molar-refractivity contribution in [1.29, 1.82) is 0 Å². The van der Waals surface area contributed by atoms with Crippen molar-refractivity contribution in [2.24, 2.45) is 0 Å². The highest BCUT2D eigenvalue weighted by Crippen LogP contribution is 2.20. The van der Waals surface area contributed by atoms with Gasteiger partial charge in [-0.2, -0.15) is 5.10 Å². The molecular weight excluding hydrogens is 280 g/mol. The van der Waals surface area contributed by atoms with E-state index in [-0.39, 0.29) is 17.8 Å². The predicted octanol–water partition coefficient (Wildman–Crippen LogP) is 0.346. The van der Waals surface area contributed by atoms with Gasteiger partial charge in [0.05, 0.1) is 12.4 Å². The van der Waals surface area contributed by atoms with Crippen LogP contribution in [0.3, 0.4) is 0 Å². The molecule has 1 N–H and O–H groups in total. The smallest absolute Gasteiger partial charge is 0.155 e. The van der Waals surface area contributed by atoms with Gasteiger partial charge in [0.2, 0.25) is 0 Å². The van der Waals surface area contributed by atoms with Crippen LogP contribution in [0.2, 0.25) is 0 Å². The van der Waals surface area contributed by atoms with Crippen molar-refractivity contribution >= 4 is 9.84 Å². The molecule has 0 saturated carbocycles. The fourth-order valence-electron chi connectivity index (χ4n) is 2.06. The van der Waals surface area contributed by atoms with Crippen LogP contribution in [0.1, 0.15) is 37.5 Å². The van der Waals surface area contributed by atoms with Gasteiger partial charge in [-0.25, -0.2) is 13.4 Å². The van der Waals surface area contributed by atoms with Gasteiger partial charge in [0.15, 0.2) is 11.6 Å². The van der Waals surface area contributed by atoms with Crippen LogP contribution in [-0.4, -0.2) is 66.7 Å². The third-order valence-electron chi connectivity index (χ3n) is 3.27. The molecule has 0 amide bonds. The molecule has 1 saturated heterocycles. The van der Waals surface area contributed by atoms with Crippen molar-refractivity contribution in [2.45, 2.75) is 25.9 Å². The van der Waals surface area contributed by atoms with Gasteiger partial charge in [-0.1, -0.05) is 13.8 Å². The van der Waals surface area contributed by atoms with Crippen molar-refractivity contribution < 1.29 is 13.2 Å². The van der Waals surface area contributed by atoms with E-state index in [0.29, 0.717) is 19.7 Å². The number of nitrogens with one attached hydrogen (secondary N) is 1. The van der Waals surface area contributed by atoms with Crippen molar-refractivity contribution in [3.05, 3.63) is 11.6 Å². The first kappa shape index (κ1) is 15.4. The number of H-pyrrole nitrogens is 1. The maximum absolute atomic E-state index is 11.2. The molecule has 1 atom stereocenters. The van der Waals surface area contributed by atoms with E-state index in [1.165, 1.54) is 6.26 Å². The summed E-state index contributed by atoms with van der Waals surface area (Å²) >= 11 is 0. The van der Waals surface area contributed by atoms with E-state index in [2.05, 4.69) is 20.1 Å². The molecule has 0 spiro atoms. The molecule has 1 aliphatic rings. The second-order valence-corrected chi connectivity index (χ2v) is 7.78. The van der Waals surface area contributed by atoms with Gasteiger partial charge in [0.25, 0.3) is 0 Å². The van der Waals surface area contributed by atoms with Gasteiger partial charge in [-0.05, 0) is 0 Å². The van der Waals surface area contributed by atoms with Crippen molar-refractivity contribution in [3.8, 4) is 0 Å². The molecule has 2 heterocycles. The number of hydrogen-bond acceptors (Lipinski definition) is 6. The number of rotatable bonds is 5. The third kappa shape index (κ3) is 4.26. The lowest BCUT2D eigenvalue weighted by atomic mass is 10.2. The SMILES string of the molecule is CC(C)c1n[nH]c([C@@H]2CN(CCS(C)(=O)=O)CCO2)n1. The Hall–Kier alpha value is -0.990. The predicted molar refractivity (Wildman–Crippen MR) is 75.3 cm³/mol. The van der Waals surface area contributed by atoms with Crippen LogP contribution in [0.4, 0.5) is 0 Å². The molecule has 0 aliphatic carbocycles. The van der Waals surface area contributed by atoms with E-state index in [1.807, 2.05) is 13.8 Å². The topological polar surface area (TPSA) is 88.2 Å². The van der Waals surface area contributed by atoms with Crippen LogP contribution in [0.15, 0.2) is 0 Å². The van der Waals surface area contributed by atoms with Crippen LogP contribution in [-0.2, 0) is 14.6 Å². The van der Waals surface area contributed by atoms with Gasteiger partial charge in [-0.3, -0.25) is 10.00 Å². The Labute approximate surface area is 119 Å². The molecule has 1 aromatic rings. The minimum absolute atomic E-state index is 0.164. The average Bonchev–Trinajstić information content (AvgIpc) is 2.86. The second kappa shape index (κ2) is 6.19. The van der Waals surface area contributed by atoms with E-state index < -0.39 is 9.84 Å². The molecular formula is C12H22N4O3S. The molecule has 2 rings (SSSR count). The zero-order valence-electron chi connectivity index (χ0n) is 12.2. The van der Waals surface area contributed by atoms with Crippen LogP contribution < -0.4 is 0 Å². The maximum atomic E-state index is 11.2. The molecule has 1 aromatic heterocycles. The molecule has 0 radical (unpaired) electrons. The maximum Gasteiger partial charge on any atom is 0.155 e. The summed E-state index contributed by atoms with van der Waals surface area (Å²) in [6.45, 7) is 6.57. The quantitative estimate of drug-likeness (QED) is 0.844. The van der Waals surface area contributed by atoms with Gasteiger partial charge in [-0.15, -0.1) is 0 Å². The summed E-state index contributed by atoms with van der Waals surface area (Å²) in [6, 6.07) is 0. The van der Waals surface area contributed by atoms with E-state index in [1.54, 1.807) is 0 Å². The first-order valence-corrected chi connectivity index (χ1v) is 8.85. The summed E-state index contributed by atoms with van der Waals surface area (Å²) in [6.07, 6.45) is 1.10. The van der Waals surface area contributed by atoms with Gasteiger partial charge >= 0.3 is 0 Å². The number of nitrogens with zero attached hydrogens (tertiary/aromatic N) is 3. The Balaban J connectivity index is 1.95. The van der Waals surface area contributed by atoms with E-state index in [4.69, 9.17) is 4.74 Å². The van der Waals surface area contributed by atoms with Crippen molar-refractivity contribution in [2.75, 3.05) is 38.2 Å². The Morgan fingerprint density at radius 3 is 2.85 bits per heavy atom. The lowest BCUT2D eigenvalue weighted by Gasteiger charge is -2.31. The number of sulfone groups is 1. The minimum Gasteiger partial charge on any atom is -0.368 e. The molecule has 0 bridgehead atoms. The number of aromatic amines is 1. The number of ether oxygens (including phenoxy) is 1.